The maximum absolute atomic E-state index is 10.8. The second-order valence-corrected chi connectivity index (χ2v) is 3.29. The summed E-state index contributed by atoms with van der Waals surface area (Å²) in [5.41, 5.74) is 4.50. The smallest absolute Gasteiger partial charge is 0.150 e. The second kappa shape index (κ2) is 3.71. The van der Waals surface area contributed by atoms with Crippen molar-refractivity contribution in [1.82, 2.24) is 0 Å². The molecule has 0 aromatic heterocycles. The van der Waals surface area contributed by atoms with Crippen molar-refractivity contribution in [2.75, 3.05) is 0 Å². The first-order chi connectivity index (χ1) is 6.11. The standard InChI is InChI=1S/C11H14O2/c1-7-4-10(5-12)9(3)11(6-13)8(7)2/h4,6,12H,5H2,1-3H3. The Balaban J connectivity index is 3.47. The molecule has 0 radical (unpaired) electrons. The lowest BCUT2D eigenvalue weighted by Gasteiger charge is -2.11. The van der Waals surface area contributed by atoms with E-state index in [9.17, 15) is 4.79 Å². The molecule has 70 valence electrons. The van der Waals surface area contributed by atoms with E-state index in [2.05, 4.69) is 0 Å². The average Bonchev–Trinajstić information content (AvgIpc) is 2.12. The molecule has 1 rings (SSSR count). The van der Waals surface area contributed by atoms with Crippen LogP contribution in [0, 0.1) is 20.8 Å². The minimum Gasteiger partial charge on any atom is -0.392 e. The van der Waals surface area contributed by atoms with E-state index in [4.69, 9.17) is 5.11 Å². The molecule has 0 saturated carbocycles. The number of rotatable bonds is 2. The topological polar surface area (TPSA) is 37.3 Å². The maximum Gasteiger partial charge on any atom is 0.150 e. The lowest BCUT2D eigenvalue weighted by Crippen LogP contribution is -2.00. The molecule has 0 spiro atoms. The van der Waals surface area contributed by atoms with Crippen LogP contribution in [0.4, 0.5) is 0 Å². The van der Waals surface area contributed by atoms with Crippen LogP contribution in [0.1, 0.15) is 32.6 Å². The highest BCUT2D eigenvalue weighted by Gasteiger charge is 2.08. The van der Waals surface area contributed by atoms with Crippen LogP contribution in [0.2, 0.25) is 0 Å². The zero-order valence-electron chi connectivity index (χ0n) is 8.22. The highest BCUT2D eigenvalue weighted by Crippen LogP contribution is 2.20. The van der Waals surface area contributed by atoms with Gasteiger partial charge in [-0.3, -0.25) is 4.79 Å². The molecule has 0 fully saturated rings. The number of carbonyl (C=O) groups excluding carboxylic acids is 1. The van der Waals surface area contributed by atoms with Crippen LogP contribution in [-0.4, -0.2) is 11.4 Å². The number of aryl methyl sites for hydroxylation is 1. The lowest BCUT2D eigenvalue weighted by atomic mass is 9.95. The second-order valence-electron chi connectivity index (χ2n) is 3.29. The first-order valence-corrected chi connectivity index (χ1v) is 4.27. The third-order valence-corrected chi connectivity index (χ3v) is 2.56. The van der Waals surface area contributed by atoms with Crippen LogP contribution in [-0.2, 0) is 6.61 Å². The van der Waals surface area contributed by atoms with E-state index in [0.717, 1.165) is 28.5 Å². The van der Waals surface area contributed by atoms with E-state index in [0.29, 0.717) is 5.56 Å². The Hall–Kier alpha value is -1.15. The van der Waals surface area contributed by atoms with Gasteiger partial charge in [-0.25, -0.2) is 0 Å². The Bertz CT molecular complexity index is 340. The molecular weight excluding hydrogens is 164 g/mol. The van der Waals surface area contributed by atoms with Gasteiger partial charge < -0.3 is 5.11 Å². The van der Waals surface area contributed by atoms with Crippen LogP contribution in [0.3, 0.4) is 0 Å². The van der Waals surface area contributed by atoms with Gasteiger partial charge in [-0.1, -0.05) is 6.07 Å². The molecule has 2 nitrogen and oxygen atoms in total. The number of aldehydes is 1. The Morgan fingerprint density at radius 3 is 2.38 bits per heavy atom. The van der Waals surface area contributed by atoms with Gasteiger partial charge in [0.05, 0.1) is 6.61 Å². The monoisotopic (exact) mass is 178 g/mol. The molecule has 2 heteroatoms. The summed E-state index contributed by atoms with van der Waals surface area (Å²) >= 11 is 0. The summed E-state index contributed by atoms with van der Waals surface area (Å²) in [5, 5.41) is 9.04. The fourth-order valence-corrected chi connectivity index (χ4v) is 1.49. The van der Waals surface area contributed by atoms with Crippen LogP contribution >= 0.6 is 0 Å². The van der Waals surface area contributed by atoms with E-state index in [-0.39, 0.29) is 6.61 Å². The molecule has 1 aromatic rings. The van der Waals surface area contributed by atoms with Gasteiger partial charge in [0.2, 0.25) is 0 Å². The molecule has 1 N–H and O–H groups in total. The Morgan fingerprint density at radius 1 is 1.31 bits per heavy atom. The Labute approximate surface area is 78.2 Å². The summed E-state index contributed by atoms with van der Waals surface area (Å²) in [4.78, 5) is 10.8. The Kier molecular flexibility index (Phi) is 2.83. The SMILES string of the molecule is Cc1cc(CO)c(C)c(C=O)c1C. The number of hydrogen-bond donors (Lipinski definition) is 1. The van der Waals surface area contributed by atoms with Crippen molar-refractivity contribution < 1.29 is 9.90 Å². The van der Waals surface area contributed by atoms with Crippen molar-refractivity contribution in [3.8, 4) is 0 Å². The van der Waals surface area contributed by atoms with E-state index in [1.54, 1.807) is 0 Å². The van der Waals surface area contributed by atoms with Gasteiger partial charge in [-0.15, -0.1) is 0 Å². The molecule has 0 atom stereocenters. The fourth-order valence-electron chi connectivity index (χ4n) is 1.49. The third-order valence-electron chi connectivity index (χ3n) is 2.56. The zero-order valence-corrected chi connectivity index (χ0v) is 8.22. The highest BCUT2D eigenvalue weighted by molar-refractivity contribution is 5.80. The van der Waals surface area contributed by atoms with Crippen LogP contribution in [0.5, 0.6) is 0 Å². The summed E-state index contributed by atoms with van der Waals surface area (Å²) in [6, 6.07) is 1.93. The Morgan fingerprint density at radius 2 is 1.92 bits per heavy atom. The molecule has 0 bridgehead atoms. The van der Waals surface area contributed by atoms with Gasteiger partial charge in [0.15, 0.2) is 6.29 Å². The van der Waals surface area contributed by atoms with Crippen molar-refractivity contribution >= 4 is 6.29 Å². The van der Waals surface area contributed by atoms with Gasteiger partial charge in [-0.2, -0.15) is 0 Å². The molecule has 0 unspecified atom stereocenters. The third kappa shape index (κ3) is 1.63. The quantitative estimate of drug-likeness (QED) is 0.702. The first-order valence-electron chi connectivity index (χ1n) is 4.27. The number of hydrogen-bond acceptors (Lipinski definition) is 2. The van der Waals surface area contributed by atoms with Gasteiger partial charge in [-0.05, 0) is 43.0 Å². The summed E-state index contributed by atoms with van der Waals surface area (Å²) in [7, 11) is 0. The van der Waals surface area contributed by atoms with E-state index >= 15 is 0 Å². The van der Waals surface area contributed by atoms with Crippen LogP contribution < -0.4 is 0 Å². The molecule has 0 amide bonds. The molecule has 0 aliphatic rings. The molecule has 0 aliphatic heterocycles. The largest absolute Gasteiger partial charge is 0.392 e. The summed E-state index contributed by atoms with van der Waals surface area (Å²) in [6.45, 7) is 5.73. The van der Waals surface area contributed by atoms with Gasteiger partial charge in [0.25, 0.3) is 0 Å². The molecule has 13 heavy (non-hydrogen) atoms. The average molecular weight is 178 g/mol. The van der Waals surface area contributed by atoms with Crippen molar-refractivity contribution in [3.05, 3.63) is 33.9 Å². The fraction of sp³-hybridized carbons (Fsp3) is 0.364. The molecule has 0 saturated heterocycles. The molecule has 1 aromatic carbocycles. The van der Waals surface area contributed by atoms with Crippen LogP contribution in [0.25, 0.3) is 0 Å². The molecule has 0 heterocycles. The maximum atomic E-state index is 10.8. The van der Waals surface area contributed by atoms with E-state index < -0.39 is 0 Å². The summed E-state index contributed by atoms with van der Waals surface area (Å²) < 4.78 is 0. The predicted molar refractivity (Wildman–Crippen MR) is 52.0 cm³/mol. The van der Waals surface area contributed by atoms with Crippen LogP contribution in [0.15, 0.2) is 6.07 Å². The molecular formula is C11H14O2. The minimum atomic E-state index is -0.00616. The molecule has 0 aliphatic carbocycles. The van der Waals surface area contributed by atoms with Crippen molar-refractivity contribution in [3.63, 3.8) is 0 Å². The van der Waals surface area contributed by atoms with Gasteiger partial charge in [0, 0.05) is 5.56 Å². The van der Waals surface area contributed by atoms with Gasteiger partial charge >= 0.3 is 0 Å². The number of carbonyl (C=O) groups is 1. The zero-order chi connectivity index (χ0) is 10.0. The lowest BCUT2D eigenvalue weighted by molar-refractivity contribution is 0.112. The van der Waals surface area contributed by atoms with Gasteiger partial charge in [0.1, 0.15) is 0 Å². The van der Waals surface area contributed by atoms with Crippen molar-refractivity contribution in [1.29, 1.82) is 0 Å². The number of aliphatic hydroxyl groups is 1. The number of benzene rings is 1. The highest BCUT2D eigenvalue weighted by atomic mass is 16.3. The van der Waals surface area contributed by atoms with E-state index in [1.807, 2.05) is 26.8 Å². The summed E-state index contributed by atoms with van der Waals surface area (Å²) in [5.74, 6) is 0. The first kappa shape index (κ1) is 9.93. The minimum absolute atomic E-state index is 0.00616. The normalized spacial score (nSPS) is 10.2. The number of aliphatic hydroxyl groups excluding tert-OH is 1. The van der Waals surface area contributed by atoms with Crippen molar-refractivity contribution in [2.45, 2.75) is 27.4 Å². The predicted octanol–water partition coefficient (Wildman–Crippen LogP) is 1.92. The summed E-state index contributed by atoms with van der Waals surface area (Å²) in [6.07, 6.45) is 0.858. The van der Waals surface area contributed by atoms with Crippen molar-refractivity contribution in [2.24, 2.45) is 0 Å². The van der Waals surface area contributed by atoms with E-state index in [1.165, 1.54) is 0 Å².